The number of hydrogen-bond donors (Lipinski definition) is 1. The fourth-order valence-corrected chi connectivity index (χ4v) is 2.79. The van der Waals surface area contributed by atoms with Crippen molar-refractivity contribution in [3.05, 3.63) is 35.6 Å². The van der Waals surface area contributed by atoms with E-state index in [-0.39, 0.29) is 0 Å². The molecule has 1 heterocycles. The number of aliphatic imine (C=N–C) groups is 1. The molecule has 2 nitrogen and oxygen atoms in total. The van der Waals surface area contributed by atoms with Gasteiger partial charge in [0.2, 0.25) is 0 Å². The van der Waals surface area contributed by atoms with Crippen molar-refractivity contribution >= 4 is 6.34 Å². The van der Waals surface area contributed by atoms with E-state index in [0.717, 1.165) is 5.92 Å². The molecule has 0 aromatic heterocycles. The van der Waals surface area contributed by atoms with E-state index in [2.05, 4.69) is 34.7 Å². The molecular formula is C13H16N2. The Kier molecular flexibility index (Phi) is 2.20. The molecule has 15 heavy (non-hydrogen) atoms. The molecule has 3 aliphatic rings. The Morgan fingerprint density at radius 2 is 2.40 bits per heavy atom. The lowest BCUT2D eigenvalue weighted by molar-refractivity contribution is 0.544. The Balaban J connectivity index is 1.99. The van der Waals surface area contributed by atoms with E-state index in [0.29, 0.717) is 6.04 Å². The van der Waals surface area contributed by atoms with Gasteiger partial charge in [0.05, 0.1) is 12.4 Å². The molecule has 2 aliphatic carbocycles. The van der Waals surface area contributed by atoms with Crippen LogP contribution in [-0.2, 0) is 0 Å². The lowest BCUT2D eigenvalue weighted by Crippen LogP contribution is -2.23. The topological polar surface area (TPSA) is 24.4 Å². The van der Waals surface area contributed by atoms with Crippen LogP contribution >= 0.6 is 0 Å². The quantitative estimate of drug-likeness (QED) is 0.638. The van der Waals surface area contributed by atoms with Crippen LogP contribution in [0.2, 0.25) is 0 Å². The fraction of sp³-hybridized carbons (Fsp3) is 0.462. The van der Waals surface area contributed by atoms with Crippen molar-refractivity contribution in [2.45, 2.75) is 31.7 Å². The van der Waals surface area contributed by atoms with E-state index in [9.17, 15) is 0 Å². The lowest BCUT2D eigenvalue weighted by Gasteiger charge is -2.25. The predicted octanol–water partition coefficient (Wildman–Crippen LogP) is 2.56. The van der Waals surface area contributed by atoms with Gasteiger partial charge in [-0.3, -0.25) is 4.99 Å². The van der Waals surface area contributed by atoms with Crippen LogP contribution in [0.3, 0.4) is 0 Å². The molecule has 1 saturated carbocycles. The Morgan fingerprint density at radius 1 is 1.40 bits per heavy atom. The molecule has 3 rings (SSSR count). The van der Waals surface area contributed by atoms with Gasteiger partial charge in [0.25, 0.3) is 0 Å². The highest BCUT2D eigenvalue weighted by atomic mass is 15.0. The van der Waals surface area contributed by atoms with Crippen molar-refractivity contribution in [1.82, 2.24) is 5.32 Å². The molecule has 1 N–H and O–H groups in total. The Hall–Kier alpha value is -1.31. The minimum absolute atomic E-state index is 0.337. The normalized spacial score (nSPS) is 33.1. The largest absolute Gasteiger partial charge is 0.353 e. The summed E-state index contributed by atoms with van der Waals surface area (Å²) in [6.45, 7) is 0. The summed E-state index contributed by atoms with van der Waals surface area (Å²) in [4.78, 5) is 4.59. The number of nitrogens with one attached hydrogen (secondary N) is 1. The summed E-state index contributed by atoms with van der Waals surface area (Å²) in [5, 5.41) is 3.11. The van der Waals surface area contributed by atoms with Gasteiger partial charge in [-0.1, -0.05) is 18.2 Å². The SMILES string of the molecule is C1=CCC2CCCC3=CNC=NC3C2=C1. The van der Waals surface area contributed by atoms with Crippen molar-refractivity contribution in [2.75, 3.05) is 0 Å². The molecule has 0 amide bonds. The summed E-state index contributed by atoms with van der Waals surface area (Å²) >= 11 is 0. The molecule has 1 aliphatic heterocycles. The third-order valence-electron chi connectivity index (χ3n) is 3.57. The average molecular weight is 200 g/mol. The van der Waals surface area contributed by atoms with Gasteiger partial charge in [-0.05, 0) is 42.7 Å². The molecule has 78 valence electrons. The van der Waals surface area contributed by atoms with E-state index >= 15 is 0 Å². The molecule has 1 fully saturated rings. The summed E-state index contributed by atoms with van der Waals surface area (Å²) in [6.07, 6.45) is 15.7. The molecule has 0 saturated heterocycles. The monoisotopic (exact) mass is 200 g/mol. The highest BCUT2D eigenvalue weighted by molar-refractivity contribution is 5.60. The molecule has 2 unspecified atom stereocenters. The summed E-state index contributed by atoms with van der Waals surface area (Å²) in [6, 6.07) is 0.337. The van der Waals surface area contributed by atoms with Crippen LogP contribution < -0.4 is 5.32 Å². The van der Waals surface area contributed by atoms with Gasteiger partial charge in [0.1, 0.15) is 0 Å². The summed E-state index contributed by atoms with van der Waals surface area (Å²) in [5.74, 6) is 0.737. The van der Waals surface area contributed by atoms with Crippen LogP contribution in [0.5, 0.6) is 0 Å². The number of fused-ring (bicyclic) bond motifs is 3. The van der Waals surface area contributed by atoms with Gasteiger partial charge in [-0.25, -0.2) is 0 Å². The third kappa shape index (κ3) is 1.54. The minimum atomic E-state index is 0.337. The molecule has 0 spiro atoms. The number of nitrogens with zero attached hydrogens (tertiary/aromatic N) is 1. The summed E-state index contributed by atoms with van der Waals surface area (Å²) < 4.78 is 0. The fourth-order valence-electron chi connectivity index (χ4n) is 2.79. The Bertz CT molecular complexity index is 374. The highest BCUT2D eigenvalue weighted by Gasteiger charge is 2.29. The van der Waals surface area contributed by atoms with Gasteiger partial charge >= 0.3 is 0 Å². The molecule has 0 bridgehead atoms. The van der Waals surface area contributed by atoms with E-state index in [4.69, 9.17) is 0 Å². The van der Waals surface area contributed by atoms with Gasteiger partial charge in [-0.15, -0.1) is 0 Å². The van der Waals surface area contributed by atoms with E-state index in [1.54, 1.807) is 0 Å². The van der Waals surface area contributed by atoms with Gasteiger partial charge in [0, 0.05) is 6.20 Å². The van der Waals surface area contributed by atoms with Crippen molar-refractivity contribution in [3.8, 4) is 0 Å². The summed E-state index contributed by atoms with van der Waals surface area (Å²) in [7, 11) is 0. The van der Waals surface area contributed by atoms with Crippen LogP contribution in [0.4, 0.5) is 0 Å². The molecule has 0 aromatic rings. The van der Waals surface area contributed by atoms with Crippen molar-refractivity contribution in [1.29, 1.82) is 0 Å². The van der Waals surface area contributed by atoms with E-state index in [1.807, 2.05) is 6.34 Å². The number of rotatable bonds is 0. The number of allylic oxidation sites excluding steroid dienone is 3. The molecule has 2 heteroatoms. The molecule has 0 aromatic carbocycles. The summed E-state index contributed by atoms with van der Waals surface area (Å²) in [5.41, 5.74) is 2.99. The number of hydrogen-bond acceptors (Lipinski definition) is 2. The first-order valence-corrected chi connectivity index (χ1v) is 5.78. The van der Waals surface area contributed by atoms with Gasteiger partial charge in [-0.2, -0.15) is 0 Å². The first-order valence-electron chi connectivity index (χ1n) is 5.78. The molecule has 0 radical (unpaired) electrons. The maximum atomic E-state index is 4.59. The van der Waals surface area contributed by atoms with Crippen molar-refractivity contribution in [3.63, 3.8) is 0 Å². The maximum absolute atomic E-state index is 4.59. The zero-order valence-corrected chi connectivity index (χ0v) is 8.82. The maximum Gasteiger partial charge on any atom is 0.0959 e. The van der Waals surface area contributed by atoms with E-state index in [1.165, 1.54) is 36.8 Å². The van der Waals surface area contributed by atoms with Crippen LogP contribution in [0.15, 0.2) is 40.6 Å². The molecule has 2 atom stereocenters. The zero-order chi connectivity index (χ0) is 10.1. The Morgan fingerprint density at radius 3 is 3.40 bits per heavy atom. The van der Waals surface area contributed by atoms with E-state index < -0.39 is 0 Å². The lowest BCUT2D eigenvalue weighted by atomic mass is 9.84. The minimum Gasteiger partial charge on any atom is -0.353 e. The average Bonchev–Trinajstić information content (AvgIpc) is 2.48. The first-order chi connectivity index (χ1) is 7.45. The molecular weight excluding hydrogens is 184 g/mol. The van der Waals surface area contributed by atoms with Gasteiger partial charge in [0.15, 0.2) is 0 Å². The highest BCUT2D eigenvalue weighted by Crippen LogP contribution is 2.37. The van der Waals surface area contributed by atoms with Crippen LogP contribution in [-0.4, -0.2) is 12.4 Å². The second-order valence-corrected chi connectivity index (χ2v) is 4.49. The Labute approximate surface area is 90.5 Å². The second-order valence-electron chi connectivity index (χ2n) is 4.49. The third-order valence-corrected chi connectivity index (χ3v) is 3.57. The van der Waals surface area contributed by atoms with Crippen LogP contribution in [0.1, 0.15) is 25.7 Å². The van der Waals surface area contributed by atoms with Crippen LogP contribution in [0.25, 0.3) is 0 Å². The zero-order valence-electron chi connectivity index (χ0n) is 8.82. The van der Waals surface area contributed by atoms with Gasteiger partial charge < -0.3 is 5.32 Å². The smallest absolute Gasteiger partial charge is 0.0959 e. The van der Waals surface area contributed by atoms with Crippen molar-refractivity contribution < 1.29 is 0 Å². The standard InChI is InChI=1S/C13H16N2/c1-2-7-12-10(4-1)5-3-6-11-8-14-9-15-13(11)12/h1-2,7-10,13H,3-6H2,(H,14,15). The van der Waals surface area contributed by atoms with Crippen LogP contribution in [0, 0.1) is 5.92 Å². The first kappa shape index (κ1) is 8.96. The second kappa shape index (κ2) is 3.69. The predicted molar refractivity (Wildman–Crippen MR) is 62.7 cm³/mol. The van der Waals surface area contributed by atoms with Crippen molar-refractivity contribution in [2.24, 2.45) is 10.9 Å².